The van der Waals surface area contributed by atoms with Crippen molar-refractivity contribution in [1.29, 1.82) is 0 Å². The number of aliphatic hydroxyl groups is 1. The Balaban J connectivity index is 3.18. The highest BCUT2D eigenvalue weighted by molar-refractivity contribution is 8.00. The van der Waals surface area contributed by atoms with E-state index in [1.165, 1.54) is 51.4 Å². The fraction of sp³-hybridized carbons (Fsp3) is 1.00. The van der Waals surface area contributed by atoms with Crippen LogP contribution in [0.25, 0.3) is 0 Å². The zero-order valence-corrected chi connectivity index (χ0v) is 26.8. The van der Waals surface area contributed by atoms with E-state index in [4.69, 9.17) is 43.0 Å². The van der Waals surface area contributed by atoms with Gasteiger partial charge in [-0.15, -0.1) is 0 Å². The molecule has 0 aliphatic heterocycles. The van der Waals surface area contributed by atoms with Gasteiger partial charge in [0, 0.05) is 10.5 Å². The van der Waals surface area contributed by atoms with Gasteiger partial charge in [0.25, 0.3) is 0 Å². The van der Waals surface area contributed by atoms with Crippen molar-refractivity contribution in [1.82, 2.24) is 0 Å². The third-order valence-corrected chi connectivity index (χ3v) is 7.30. The molecule has 242 valence electrons. The predicted molar refractivity (Wildman–Crippen MR) is 163 cm³/mol. The first-order valence-corrected chi connectivity index (χ1v) is 16.5. The summed E-state index contributed by atoms with van der Waals surface area (Å²) in [5.74, 6) is 1.03. The molecule has 10 heteroatoms. The second-order valence-corrected chi connectivity index (χ2v) is 11.9. The maximum absolute atomic E-state index is 8.58. The van der Waals surface area contributed by atoms with E-state index < -0.39 is 0 Å². The minimum atomic E-state index is 0.0339. The molecular weight excluding hydrogens is 536 g/mol. The fourth-order valence-corrected chi connectivity index (χ4v) is 4.71. The SMILES string of the molecule is CCCCCCCCCC(C)(C)SCCOCCOCCOCCOCCOCCOCCOCCOCCO. The molecule has 0 aromatic rings. The zero-order valence-electron chi connectivity index (χ0n) is 26.0. The second-order valence-electron chi connectivity index (χ2n) is 10.1. The molecule has 0 aliphatic rings. The monoisotopic (exact) mass is 598 g/mol. The minimum absolute atomic E-state index is 0.0339. The number of aliphatic hydroxyl groups excluding tert-OH is 1. The van der Waals surface area contributed by atoms with Gasteiger partial charge in [0.2, 0.25) is 0 Å². The molecule has 0 radical (unpaired) electrons. The molecule has 0 atom stereocenters. The lowest BCUT2D eigenvalue weighted by Gasteiger charge is -2.24. The van der Waals surface area contributed by atoms with Gasteiger partial charge in [0.1, 0.15) is 0 Å². The Kier molecular flexibility index (Phi) is 33.5. The third kappa shape index (κ3) is 34.2. The maximum atomic E-state index is 8.58. The van der Waals surface area contributed by atoms with Gasteiger partial charge in [-0.1, -0.05) is 65.7 Å². The van der Waals surface area contributed by atoms with Crippen molar-refractivity contribution in [3.8, 4) is 0 Å². The summed E-state index contributed by atoms with van der Waals surface area (Å²) in [5.41, 5.74) is 0. The van der Waals surface area contributed by atoms with E-state index in [2.05, 4.69) is 20.8 Å². The Morgan fingerprint density at radius 3 is 1.15 bits per heavy atom. The molecule has 0 heterocycles. The van der Waals surface area contributed by atoms with Gasteiger partial charge in [0.15, 0.2) is 0 Å². The molecule has 0 amide bonds. The van der Waals surface area contributed by atoms with Crippen LogP contribution < -0.4 is 0 Å². The summed E-state index contributed by atoms with van der Waals surface area (Å²) in [6, 6.07) is 0. The van der Waals surface area contributed by atoms with Crippen LogP contribution in [0, 0.1) is 0 Å². The number of ether oxygens (including phenoxy) is 8. The minimum Gasteiger partial charge on any atom is -0.394 e. The molecule has 9 nitrogen and oxygen atoms in total. The first kappa shape index (κ1) is 40.0. The normalized spacial score (nSPS) is 12.0. The first-order chi connectivity index (χ1) is 19.6. The topological polar surface area (TPSA) is 94.1 Å². The van der Waals surface area contributed by atoms with Crippen LogP contribution in [-0.2, 0) is 37.9 Å². The third-order valence-electron chi connectivity index (χ3n) is 5.94. The zero-order chi connectivity index (χ0) is 29.2. The van der Waals surface area contributed by atoms with Gasteiger partial charge >= 0.3 is 0 Å². The smallest absolute Gasteiger partial charge is 0.0701 e. The summed E-state index contributed by atoms with van der Waals surface area (Å²) >= 11 is 2.02. The first-order valence-electron chi connectivity index (χ1n) is 15.5. The molecule has 0 unspecified atom stereocenters. The van der Waals surface area contributed by atoms with Gasteiger partial charge in [-0.2, -0.15) is 11.8 Å². The van der Waals surface area contributed by atoms with Crippen molar-refractivity contribution in [2.75, 3.05) is 118 Å². The molecule has 0 saturated heterocycles. The fourth-order valence-electron chi connectivity index (χ4n) is 3.66. The highest BCUT2D eigenvalue weighted by Gasteiger charge is 2.17. The van der Waals surface area contributed by atoms with E-state index in [9.17, 15) is 0 Å². The van der Waals surface area contributed by atoms with Crippen molar-refractivity contribution < 1.29 is 43.0 Å². The lowest BCUT2D eigenvalue weighted by atomic mass is 10.0. The quantitative estimate of drug-likeness (QED) is 0.103. The summed E-state index contributed by atoms with van der Waals surface area (Å²) in [6.45, 7) is 15.7. The predicted octanol–water partition coefficient (Wildman–Crippen LogP) is 4.76. The van der Waals surface area contributed by atoms with Gasteiger partial charge in [-0.3, -0.25) is 0 Å². The molecule has 0 aliphatic carbocycles. The van der Waals surface area contributed by atoms with Gasteiger partial charge in [-0.25, -0.2) is 0 Å². The van der Waals surface area contributed by atoms with Crippen LogP contribution in [0.5, 0.6) is 0 Å². The van der Waals surface area contributed by atoms with Crippen LogP contribution in [0.3, 0.4) is 0 Å². The largest absolute Gasteiger partial charge is 0.394 e. The highest BCUT2D eigenvalue weighted by Crippen LogP contribution is 2.30. The molecule has 0 aromatic carbocycles. The van der Waals surface area contributed by atoms with E-state index in [1.807, 2.05) is 11.8 Å². The number of rotatable bonds is 35. The van der Waals surface area contributed by atoms with Crippen molar-refractivity contribution >= 4 is 11.8 Å². The van der Waals surface area contributed by atoms with E-state index in [1.54, 1.807) is 0 Å². The number of hydrogen-bond acceptors (Lipinski definition) is 10. The molecular formula is C30H62O9S. The lowest BCUT2D eigenvalue weighted by Crippen LogP contribution is -2.17. The van der Waals surface area contributed by atoms with Crippen LogP contribution >= 0.6 is 11.8 Å². The maximum Gasteiger partial charge on any atom is 0.0701 e. The number of unbranched alkanes of at least 4 members (excludes halogenated alkanes) is 6. The summed E-state index contributed by atoms with van der Waals surface area (Å²) in [6.07, 6.45) is 10.9. The summed E-state index contributed by atoms with van der Waals surface area (Å²) < 4.78 is 43.9. The molecule has 0 bridgehead atoms. The van der Waals surface area contributed by atoms with Crippen LogP contribution in [0.2, 0.25) is 0 Å². The molecule has 0 rings (SSSR count). The van der Waals surface area contributed by atoms with Crippen molar-refractivity contribution in [2.24, 2.45) is 0 Å². The molecule has 1 N–H and O–H groups in total. The summed E-state index contributed by atoms with van der Waals surface area (Å²) in [5, 5.41) is 8.58. The Bertz CT molecular complexity index is 472. The molecule has 0 saturated carbocycles. The van der Waals surface area contributed by atoms with Crippen LogP contribution in [0.15, 0.2) is 0 Å². The van der Waals surface area contributed by atoms with Crippen molar-refractivity contribution in [3.05, 3.63) is 0 Å². The second kappa shape index (κ2) is 33.5. The Labute approximate surface area is 249 Å². The highest BCUT2D eigenvalue weighted by atomic mass is 32.2. The Morgan fingerprint density at radius 1 is 0.450 bits per heavy atom. The van der Waals surface area contributed by atoms with Gasteiger partial charge in [0.05, 0.1) is 112 Å². The Hall–Kier alpha value is -0.0100. The average molecular weight is 599 g/mol. The van der Waals surface area contributed by atoms with E-state index in [0.29, 0.717) is 104 Å². The summed E-state index contributed by atoms with van der Waals surface area (Å²) in [4.78, 5) is 0. The molecule has 40 heavy (non-hydrogen) atoms. The molecule has 0 aromatic heterocycles. The average Bonchev–Trinajstić information content (AvgIpc) is 2.94. The van der Waals surface area contributed by atoms with Gasteiger partial charge < -0.3 is 43.0 Å². The van der Waals surface area contributed by atoms with Crippen molar-refractivity contribution in [2.45, 2.75) is 76.9 Å². The molecule has 0 spiro atoms. The van der Waals surface area contributed by atoms with Crippen LogP contribution in [0.1, 0.15) is 72.1 Å². The lowest BCUT2D eigenvalue weighted by molar-refractivity contribution is -0.0235. The molecule has 0 fully saturated rings. The summed E-state index contributed by atoms with van der Waals surface area (Å²) in [7, 11) is 0. The van der Waals surface area contributed by atoms with E-state index in [-0.39, 0.29) is 6.61 Å². The Morgan fingerprint density at radius 2 is 0.775 bits per heavy atom. The number of thioether (sulfide) groups is 1. The van der Waals surface area contributed by atoms with Gasteiger partial charge in [-0.05, 0) is 6.42 Å². The van der Waals surface area contributed by atoms with E-state index >= 15 is 0 Å². The standard InChI is InChI=1S/C30H62O9S/c1-4-5-6-7-8-9-10-11-30(2,3)40-29-28-39-27-26-38-25-24-37-23-22-36-21-20-35-19-18-34-17-16-33-15-14-32-13-12-31/h31H,4-29H2,1-3H3. The van der Waals surface area contributed by atoms with Crippen LogP contribution in [-0.4, -0.2) is 128 Å². The van der Waals surface area contributed by atoms with Crippen molar-refractivity contribution in [3.63, 3.8) is 0 Å². The van der Waals surface area contributed by atoms with Crippen LogP contribution in [0.4, 0.5) is 0 Å². The number of hydrogen-bond donors (Lipinski definition) is 1. The van der Waals surface area contributed by atoms with E-state index in [0.717, 1.165) is 12.4 Å².